The van der Waals surface area contributed by atoms with Crippen molar-refractivity contribution in [3.8, 4) is 0 Å². The number of benzene rings is 2. The van der Waals surface area contributed by atoms with Gasteiger partial charge in [-0.15, -0.1) is 12.4 Å². The first-order valence-corrected chi connectivity index (χ1v) is 9.14. The summed E-state index contributed by atoms with van der Waals surface area (Å²) in [5.41, 5.74) is 3.97. The number of aryl methyl sites for hydroxylation is 1. The molecule has 0 radical (unpaired) electrons. The molecule has 136 valence electrons. The summed E-state index contributed by atoms with van der Waals surface area (Å²) in [6.45, 7) is 5.52. The Bertz CT molecular complexity index is 839. The van der Waals surface area contributed by atoms with E-state index in [1.165, 1.54) is 40.4 Å². The van der Waals surface area contributed by atoms with Gasteiger partial charge in [0, 0.05) is 49.1 Å². The molecule has 4 rings (SSSR count). The van der Waals surface area contributed by atoms with E-state index < -0.39 is 0 Å². The summed E-state index contributed by atoms with van der Waals surface area (Å²) in [7, 11) is 0. The summed E-state index contributed by atoms with van der Waals surface area (Å²) in [4.78, 5) is 6.74. The number of halogens is 1. The van der Waals surface area contributed by atoms with E-state index >= 15 is 0 Å². The molecule has 0 amide bonds. The molecule has 2 aromatic carbocycles. The van der Waals surface area contributed by atoms with E-state index in [1.54, 1.807) is 0 Å². The lowest BCUT2D eigenvalue weighted by atomic mass is 10.0. The van der Waals surface area contributed by atoms with Crippen LogP contribution in [-0.4, -0.2) is 29.0 Å². The molecule has 0 unspecified atom stereocenters. The molecule has 0 aliphatic carbocycles. The molecule has 1 N–H and O–H groups in total. The van der Waals surface area contributed by atoms with Crippen LogP contribution in [0.1, 0.15) is 24.0 Å². The minimum Gasteiger partial charge on any atom is -0.382 e. The molecule has 0 spiro atoms. The van der Waals surface area contributed by atoms with Crippen LogP contribution in [0.15, 0.2) is 60.9 Å². The molecule has 0 saturated carbocycles. The number of aromatic nitrogens is 1. The number of anilines is 1. The Balaban J connectivity index is 0.00000196. The Morgan fingerprint density at radius 1 is 1.00 bits per heavy atom. The predicted octanol–water partition coefficient (Wildman–Crippen LogP) is 5.04. The normalized spacial score (nSPS) is 15.6. The van der Waals surface area contributed by atoms with Crippen LogP contribution in [0.3, 0.4) is 0 Å². The van der Waals surface area contributed by atoms with Gasteiger partial charge in [0.05, 0.1) is 0 Å². The Morgan fingerprint density at radius 3 is 2.54 bits per heavy atom. The summed E-state index contributed by atoms with van der Waals surface area (Å²) < 4.78 is 0. The molecular formula is C22H26ClN3. The van der Waals surface area contributed by atoms with Gasteiger partial charge in [-0.25, -0.2) is 0 Å². The maximum Gasteiger partial charge on any atom is 0.0348 e. The highest BCUT2D eigenvalue weighted by Gasteiger charge is 2.19. The number of fused-ring (bicyclic) bond motifs is 1. The van der Waals surface area contributed by atoms with Crippen LogP contribution < -0.4 is 5.32 Å². The topological polar surface area (TPSA) is 28.2 Å². The van der Waals surface area contributed by atoms with E-state index in [4.69, 9.17) is 0 Å². The molecule has 0 bridgehead atoms. The maximum absolute atomic E-state index is 4.18. The van der Waals surface area contributed by atoms with Crippen molar-refractivity contribution in [1.29, 1.82) is 0 Å². The summed E-state index contributed by atoms with van der Waals surface area (Å²) >= 11 is 0. The molecule has 1 aliphatic rings. The Labute approximate surface area is 161 Å². The summed E-state index contributed by atoms with van der Waals surface area (Å²) in [6.07, 6.45) is 6.17. The maximum atomic E-state index is 4.18. The van der Waals surface area contributed by atoms with Crippen LogP contribution >= 0.6 is 12.4 Å². The van der Waals surface area contributed by atoms with Crippen molar-refractivity contribution < 1.29 is 0 Å². The monoisotopic (exact) mass is 367 g/mol. The number of nitrogens with one attached hydrogen (secondary N) is 1. The fourth-order valence-corrected chi connectivity index (χ4v) is 3.60. The van der Waals surface area contributed by atoms with E-state index in [1.807, 2.05) is 12.4 Å². The summed E-state index contributed by atoms with van der Waals surface area (Å²) in [5, 5.41) is 6.16. The van der Waals surface area contributed by atoms with Crippen molar-refractivity contribution in [2.75, 3.05) is 18.4 Å². The predicted molar refractivity (Wildman–Crippen MR) is 112 cm³/mol. The van der Waals surface area contributed by atoms with Crippen molar-refractivity contribution in [2.24, 2.45) is 0 Å². The molecule has 1 fully saturated rings. The number of hydrogen-bond acceptors (Lipinski definition) is 3. The molecule has 0 atom stereocenters. The molecular weight excluding hydrogens is 342 g/mol. The number of pyridine rings is 1. The highest BCUT2D eigenvalue weighted by atomic mass is 35.5. The molecule has 1 aliphatic heterocycles. The fraction of sp³-hybridized carbons (Fsp3) is 0.318. The smallest absolute Gasteiger partial charge is 0.0348 e. The zero-order chi connectivity index (χ0) is 17.1. The largest absolute Gasteiger partial charge is 0.382 e. The molecule has 4 heteroatoms. The van der Waals surface area contributed by atoms with Crippen molar-refractivity contribution >= 4 is 28.9 Å². The van der Waals surface area contributed by atoms with Crippen LogP contribution in [0, 0.1) is 6.92 Å². The van der Waals surface area contributed by atoms with Gasteiger partial charge in [-0.3, -0.25) is 9.88 Å². The molecule has 26 heavy (non-hydrogen) atoms. The minimum absolute atomic E-state index is 0. The first kappa shape index (κ1) is 18.7. The van der Waals surface area contributed by atoms with Crippen molar-refractivity contribution in [2.45, 2.75) is 32.4 Å². The highest BCUT2D eigenvalue weighted by molar-refractivity contribution is 5.85. The lowest BCUT2D eigenvalue weighted by Gasteiger charge is -2.33. The van der Waals surface area contributed by atoms with Crippen LogP contribution in [-0.2, 0) is 6.54 Å². The third-order valence-electron chi connectivity index (χ3n) is 5.13. The van der Waals surface area contributed by atoms with Crippen molar-refractivity contribution in [1.82, 2.24) is 9.88 Å². The zero-order valence-corrected chi connectivity index (χ0v) is 16.0. The van der Waals surface area contributed by atoms with Gasteiger partial charge in [0.15, 0.2) is 0 Å². The van der Waals surface area contributed by atoms with Gasteiger partial charge in [-0.05, 0) is 48.9 Å². The quantitative estimate of drug-likeness (QED) is 0.700. The van der Waals surface area contributed by atoms with Gasteiger partial charge in [0.1, 0.15) is 0 Å². The number of piperidine rings is 1. The number of likely N-dealkylation sites (tertiary alicyclic amines) is 1. The molecule has 3 nitrogen and oxygen atoms in total. The van der Waals surface area contributed by atoms with E-state index in [-0.39, 0.29) is 12.4 Å². The van der Waals surface area contributed by atoms with Crippen LogP contribution in [0.2, 0.25) is 0 Å². The first-order valence-electron chi connectivity index (χ1n) is 9.14. The fourth-order valence-electron chi connectivity index (χ4n) is 3.60. The van der Waals surface area contributed by atoms with Gasteiger partial charge in [0.2, 0.25) is 0 Å². The number of nitrogens with zero attached hydrogens (tertiary/aromatic N) is 2. The van der Waals surface area contributed by atoms with E-state index in [9.17, 15) is 0 Å². The molecule has 2 heterocycles. The van der Waals surface area contributed by atoms with Gasteiger partial charge in [-0.2, -0.15) is 0 Å². The minimum atomic E-state index is 0. The average molecular weight is 368 g/mol. The third kappa shape index (κ3) is 4.54. The highest BCUT2D eigenvalue weighted by Crippen LogP contribution is 2.22. The van der Waals surface area contributed by atoms with Crippen LogP contribution in [0.25, 0.3) is 10.8 Å². The summed E-state index contributed by atoms with van der Waals surface area (Å²) in [5.74, 6) is 0. The van der Waals surface area contributed by atoms with E-state index in [0.717, 1.165) is 19.6 Å². The lowest BCUT2D eigenvalue weighted by Crippen LogP contribution is -2.38. The SMILES string of the molecule is Cc1ccc(CN2CCC(Nc3ccc4cnccc4c3)CC2)cc1.Cl. The van der Waals surface area contributed by atoms with Gasteiger partial charge in [0.25, 0.3) is 0 Å². The second kappa shape index (κ2) is 8.52. The standard InChI is InChI=1S/C22H25N3.ClH/c1-17-2-4-18(5-3-17)16-25-12-9-21(10-13-25)24-22-7-6-20-15-23-11-8-19(20)14-22;/h2-8,11,14-15,21,24H,9-10,12-13,16H2,1H3;1H. The number of hydrogen-bond donors (Lipinski definition) is 1. The summed E-state index contributed by atoms with van der Waals surface area (Å²) in [6, 6.07) is 18.1. The Morgan fingerprint density at radius 2 is 1.77 bits per heavy atom. The Kier molecular flexibility index (Phi) is 6.12. The lowest BCUT2D eigenvalue weighted by molar-refractivity contribution is 0.211. The van der Waals surface area contributed by atoms with Crippen molar-refractivity contribution in [3.63, 3.8) is 0 Å². The van der Waals surface area contributed by atoms with Gasteiger partial charge < -0.3 is 5.32 Å². The van der Waals surface area contributed by atoms with E-state index in [0.29, 0.717) is 6.04 Å². The molecule has 1 saturated heterocycles. The Hall–Kier alpha value is -2.10. The second-order valence-electron chi connectivity index (χ2n) is 7.12. The number of rotatable bonds is 4. The van der Waals surface area contributed by atoms with Gasteiger partial charge in [-0.1, -0.05) is 35.9 Å². The first-order chi connectivity index (χ1) is 12.3. The third-order valence-corrected chi connectivity index (χ3v) is 5.13. The van der Waals surface area contributed by atoms with Crippen LogP contribution in [0.4, 0.5) is 5.69 Å². The average Bonchev–Trinajstić information content (AvgIpc) is 2.65. The van der Waals surface area contributed by atoms with Crippen LogP contribution in [0.5, 0.6) is 0 Å². The zero-order valence-electron chi connectivity index (χ0n) is 15.2. The molecule has 1 aromatic heterocycles. The second-order valence-corrected chi connectivity index (χ2v) is 7.12. The van der Waals surface area contributed by atoms with E-state index in [2.05, 4.69) is 70.7 Å². The van der Waals surface area contributed by atoms with Gasteiger partial charge >= 0.3 is 0 Å². The molecule has 3 aromatic rings. The van der Waals surface area contributed by atoms with Crippen molar-refractivity contribution in [3.05, 3.63) is 72.1 Å².